The summed E-state index contributed by atoms with van der Waals surface area (Å²) >= 11 is 0. The number of halogens is 6. The van der Waals surface area contributed by atoms with Crippen molar-refractivity contribution in [3.8, 4) is 0 Å². The number of fused-ring (bicyclic) bond motifs is 2. The number of para-hydroxylation sites is 1. The maximum atomic E-state index is 14.0. The first-order valence-corrected chi connectivity index (χ1v) is 17.2. The molecule has 10 nitrogen and oxygen atoms in total. The summed E-state index contributed by atoms with van der Waals surface area (Å²) < 4.78 is 88.9. The Labute approximate surface area is 291 Å². The van der Waals surface area contributed by atoms with Gasteiger partial charge in [-0.15, -0.1) is 0 Å². The molecule has 4 heterocycles. The van der Waals surface area contributed by atoms with Crippen LogP contribution in [-0.4, -0.2) is 109 Å². The first kappa shape index (κ1) is 36.7. The lowest BCUT2D eigenvalue weighted by atomic mass is 9.68. The number of alkyl halides is 6. The number of nitrogens with zero attached hydrogens (tertiary/aromatic N) is 4. The van der Waals surface area contributed by atoms with Gasteiger partial charge in [0.15, 0.2) is 6.10 Å². The van der Waals surface area contributed by atoms with E-state index in [-0.39, 0.29) is 31.5 Å². The van der Waals surface area contributed by atoms with Crippen molar-refractivity contribution in [2.24, 2.45) is 0 Å². The Hall–Kier alpha value is -4.05. The molecule has 2 aromatic carbocycles. The van der Waals surface area contributed by atoms with E-state index in [1.54, 1.807) is 0 Å². The molecule has 51 heavy (non-hydrogen) atoms. The van der Waals surface area contributed by atoms with Gasteiger partial charge in [-0.3, -0.25) is 14.5 Å². The molecule has 4 aliphatic rings. The number of nitrogens with one attached hydrogen (secondary N) is 1. The third kappa shape index (κ3) is 7.91. The van der Waals surface area contributed by atoms with E-state index in [0.29, 0.717) is 56.6 Å². The lowest BCUT2D eigenvalue weighted by Gasteiger charge is -2.44. The van der Waals surface area contributed by atoms with Gasteiger partial charge in [-0.1, -0.05) is 18.2 Å². The van der Waals surface area contributed by atoms with Crippen molar-refractivity contribution in [1.29, 1.82) is 0 Å². The van der Waals surface area contributed by atoms with Crippen molar-refractivity contribution >= 4 is 29.3 Å². The number of hydrogen-bond donors (Lipinski definition) is 2. The fourth-order valence-electron chi connectivity index (χ4n) is 7.95. The van der Waals surface area contributed by atoms with Crippen molar-refractivity contribution in [2.75, 3.05) is 70.5 Å². The minimum absolute atomic E-state index is 0.147. The Balaban J connectivity index is 1.21. The van der Waals surface area contributed by atoms with Crippen LogP contribution in [0.3, 0.4) is 0 Å². The standard InChI is InChI=1S/C35H42F6N6O4/c1-44-14-16-45(17-15-44)23-6-10-46(11-7-23)31(49)28(20-22-18-25(34(36,37)38)30(42)26(19-22)35(39,40)41)51-32(50)47-12-8-33(9-13-47)21-29(48)43-27-5-3-2-4-24(27)33/h2-5,18-19,23,28H,6-17,20-21,42H2,1H3,(H,43,48)/t28-/m1/s1. The second-order valence-corrected chi connectivity index (χ2v) is 14.1. The van der Waals surface area contributed by atoms with Crippen LogP contribution in [-0.2, 0) is 38.5 Å². The topological polar surface area (TPSA) is 111 Å². The molecule has 0 aromatic heterocycles. The number of anilines is 2. The number of piperazine rings is 1. The molecule has 6 rings (SSSR count). The molecule has 0 bridgehead atoms. The average molecular weight is 725 g/mol. The minimum atomic E-state index is -5.21. The maximum absolute atomic E-state index is 14.0. The van der Waals surface area contributed by atoms with E-state index in [1.807, 2.05) is 31.3 Å². The zero-order chi connectivity index (χ0) is 36.7. The predicted octanol–water partition coefficient (Wildman–Crippen LogP) is 4.97. The molecule has 0 radical (unpaired) electrons. The summed E-state index contributed by atoms with van der Waals surface area (Å²) in [5.41, 5.74) is 1.15. The van der Waals surface area contributed by atoms with Gasteiger partial charge in [0.05, 0.1) is 16.8 Å². The molecule has 1 spiro atoms. The number of rotatable bonds is 5. The molecular formula is C35H42F6N6O4. The Morgan fingerprint density at radius 3 is 2.08 bits per heavy atom. The van der Waals surface area contributed by atoms with Crippen molar-refractivity contribution in [2.45, 2.75) is 68.4 Å². The molecule has 1 atom stereocenters. The molecule has 3 amide bonds. The monoisotopic (exact) mass is 724 g/mol. The number of nitrogens with two attached hydrogens (primary N) is 1. The van der Waals surface area contributed by atoms with Crippen molar-refractivity contribution in [3.63, 3.8) is 0 Å². The average Bonchev–Trinajstić information content (AvgIpc) is 3.08. The van der Waals surface area contributed by atoms with E-state index >= 15 is 0 Å². The van der Waals surface area contributed by atoms with Gasteiger partial charge in [0.25, 0.3) is 5.91 Å². The van der Waals surface area contributed by atoms with E-state index in [0.717, 1.165) is 31.7 Å². The largest absolute Gasteiger partial charge is 0.436 e. The number of amides is 3. The predicted molar refractivity (Wildman–Crippen MR) is 176 cm³/mol. The Kier molecular flexibility index (Phi) is 10.2. The Morgan fingerprint density at radius 2 is 1.49 bits per heavy atom. The highest BCUT2D eigenvalue weighted by Gasteiger charge is 2.45. The molecule has 0 aliphatic carbocycles. The summed E-state index contributed by atoms with van der Waals surface area (Å²) in [4.78, 5) is 47.6. The first-order valence-electron chi connectivity index (χ1n) is 17.2. The summed E-state index contributed by atoms with van der Waals surface area (Å²) in [6.07, 6.45) is -11.5. The van der Waals surface area contributed by atoms with E-state index in [9.17, 15) is 40.7 Å². The van der Waals surface area contributed by atoms with E-state index < -0.39 is 64.7 Å². The highest BCUT2D eigenvalue weighted by atomic mass is 19.4. The van der Waals surface area contributed by atoms with Crippen LogP contribution in [0.4, 0.5) is 42.5 Å². The quantitative estimate of drug-likeness (QED) is 0.331. The third-order valence-electron chi connectivity index (χ3n) is 10.9. The van der Waals surface area contributed by atoms with Gasteiger partial charge in [-0.2, -0.15) is 26.3 Å². The molecule has 0 saturated carbocycles. The van der Waals surface area contributed by atoms with E-state index in [4.69, 9.17) is 10.5 Å². The van der Waals surface area contributed by atoms with E-state index in [1.165, 1.54) is 9.80 Å². The fourth-order valence-corrected chi connectivity index (χ4v) is 7.95. The summed E-state index contributed by atoms with van der Waals surface area (Å²) in [6.45, 7) is 4.49. The normalized spacial score (nSPS) is 21.3. The number of hydrogen-bond acceptors (Lipinski definition) is 7. The SMILES string of the molecule is CN1CCN(C2CCN(C(=O)[C@@H](Cc3cc(C(F)(F)F)c(N)c(C(F)(F)F)c3)OC(=O)N3CCC4(CC3)CC(=O)Nc3ccccc34)CC2)CC1. The molecule has 16 heteroatoms. The van der Waals surface area contributed by atoms with Crippen LogP contribution in [0.25, 0.3) is 0 Å². The lowest BCUT2D eigenvalue weighted by Crippen LogP contribution is -2.54. The van der Waals surface area contributed by atoms with Crippen LogP contribution in [0.1, 0.15) is 54.4 Å². The highest BCUT2D eigenvalue weighted by Crippen LogP contribution is 2.45. The Bertz CT molecular complexity index is 1590. The lowest BCUT2D eigenvalue weighted by molar-refractivity contribution is -0.142. The van der Waals surface area contributed by atoms with Gasteiger partial charge >= 0.3 is 18.4 Å². The number of likely N-dealkylation sites (tertiary alicyclic amines) is 2. The molecule has 3 fully saturated rings. The second-order valence-electron chi connectivity index (χ2n) is 14.1. The molecule has 4 aliphatic heterocycles. The molecule has 3 saturated heterocycles. The number of carbonyl (C=O) groups is 3. The number of benzene rings is 2. The van der Waals surface area contributed by atoms with Gasteiger partial charge in [0.1, 0.15) is 0 Å². The summed E-state index contributed by atoms with van der Waals surface area (Å²) in [7, 11) is 2.05. The number of carbonyl (C=O) groups excluding carboxylic acids is 3. The first-order chi connectivity index (χ1) is 24.0. The third-order valence-corrected chi connectivity index (χ3v) is 10.9. The van der Waals surface area contributed by atoms with Crippen molar-refractivity contribution < 1.29 is 45.5 Å². The van der Waals surface area contributed by atoms with Gasteiger partial charge in [-0.05, 0) is 62.1 Å². The van der Waals surface area contributed by atoms with E-state index in [2.05, 4.69) is 15.1 Å². The second kappa shape index (κ2) is 14.2. The maximum Gasteiger partial charge on any atom is 0.418 e. The molecule has 3 N–H and O–H groups in total. The molecule has 0 unspecified atom stereocenters. The molecule has 2 aromatic rings. The number of likely N-dealkylation sites (N-methyl/N-ethyl adjacent to an activating group) is 1. The van der Waals surface area contributed by atoms with Gasteiger partial charge < -0.3 is 30.5 Å². The fraction of sp³-hybridized carbons (Fsp3) is 0.571. The smallest absolute Gasteiger partial charge is 0.418 e. The van der Waals surface area contributed by atoms with Crippen molar-refractivity contribution in [1.82, 2.24) is 19.6 Å². The summed E-state index contributed by atoms with van der Waals surface area (Å²) in [6, 6.07) is 8.61. The minimum Gasteiger partial charge on any atom is -0.436 e. The molecular weight excluding hydrogens is 682 g/mol. The number of nitrogen functional groups attached to an aromatic ring is 1. The zero-order valence-corrected chi connectivity index (χ0v) is 28.3. The van der Waals surface area contributed by atoms with Gasteiger partial charge in [0, 0.05) is 82.3 Å². The number of ether oxygens (including phenoxy) is 1. The summed E-state index contributed by atoms with van der Waals surface area (Å²) in [5, 5.41) is 2.87. The van der Waals surface area contributed by atoms with Gasteiger partial charge in [0.2, 0.25) is 5.91 Å². The van der Waals surface area contributed by atoms with Gasteiger partial charge in [-0.25, -0.2) is 4.79 Å². The highest BCUT2D eigenvalue weighted by molar-refractivity contribution is 5.95. The van der Waals surface area contributed by atoms with Crippen LogP contribution in [0.15, 0.2) is 36.4 Å². The van der Waals surface area contributed by atoms with Crippen molar-refractivity contribution in [3.05, 3.63) is 58.7 Å². The van der Waals surface area contributed by atoms with Crippen LogP contribution >= 0.6 is 0 Å². The molecule has 278 valence electrons. The van der Waals surface area contributed by atoms with Crippen LogP contribution in [0, 0.1) is 0 Å². The zero-order valence-electron chi connectivity index (χ0n) is 28.3. The summed E-state index contributed by atoms with van der Waals surface area (Å²) in [5.74, 6) is -0.836. The van der Waals surface area contributed by atoms with Crippen LogP contribution < -0.4 is 11.1 Å². The Morgan fingerprint density at radius 1 is 0.902 bits per heavy atom. The van der Waals surface area contributed by atoms with Crippen LogP contribution in [0.5, 0.6) is 0 Å². The number of piperidine rings is 2. The van der Waals surface area contributed by atoms with Crippen LogP contribution in [0.2, 0.25) is 0 Å².